The molecule has 1 unspecified atom stereocenters. The van der Waals surface area contributed by atoms with Crippen LogP contribution in [-0.4, -0.2) is 17.9 Å². The van der Waals surface area contributed by atoms with Gasteiger partial charge in [-0.1, -0.05) is 30.3 Å². The SMILES string of the molecule is CNC(C)c1csc(NC(=O)CCCc2ccccc2)n1. The van der Waals surface area contributed by atoms with Crippen molar-refractivity contribution in [2.45, 2.75) is 32.2 Å². The molecule has 0 aliphatic rings. The Hall–Kier alpha value is -1.72. The van der Waals surface area contributed by atoms with Gasteiger partial charge in [0.25, 0.3) is 0 Å². The quantitative estimate of drug-likeness (QED) is 0.824. The largest absolute Gasteiger partial charge is 0.312 e. The molecule has 0 spiro atoms. The predicted octanol–water partition coefficient (Wildman–Crippen LogP) is 3.38. The van der Waals surface area contributed by atoms with Crippen LogP contribution in [0.1, 0.15) is 37.1 Å². The summed E-state index contributed by atoms with van der Waals surface area (Å²) in [7, 11) is 1.89. The van der Waals surface area contributed by atoms with Crippen molar-refractivity contribution < 1.29 is 4.79 Å². The lowest BCUT2D eigenvalue weighted by Gasteiger charge is -2.05. The number of rotatable bonds is 7. The molecule has 1 heterocycles. The maximum Gasteiger partial charge on any atom is 0.226 e. The molecule has 1 aromatic heterocycles. The van der Waals surface area contributed by atoms with Crippen LogP contribution in [0.15, 0.2) is 35.7 Å². The van der Waals surface area contributed by atoms with Crippen molar-refractivity contribution in [2.24, 2.45) is 0 Å². The zero-order valence-corrected chi connectivity index (χ0v) is 13.2. The lowest BCUT2D eigenvalue weighted by Crippen LogP contribution is -2.14. The van der Waals surface area contributed by atoms with E-state index in [0.29, 0.717) is 11.6 Å². The molecule has 1 atom stereocenters. The van der Waals surface area contributed by atoms with E-state index in [-0.39, 0.29) is 11.9 Å². The van der Waals surface area contributed by atoms with Gasteiger partial charge in [-0.2, -0.15) is 0 Å². The topological polar surface area (TPSA) is 54.0 Å². The van der Waals surface area contributed by atoms with Crippen molar-refractivity contribution in [2.75, 3.05) is 12.4 Å². The molecule has 2 aromatic rings. The molecule has 21 heavy (non-hydrogen) atoms. The molecule has 5 heteroatoms. The van der Waals surface area contributed by atoms with Crippen LogP contribution in [0.4, 0.5) is 5.13 Å². The summed E-state index contributed by atoms with van der Waals surface area (Å²) in [5, 5.41) is 8.65. The molecule has 112 valence electrons. The fourth-order valence-electron chi connectivity index (χ4n) is 1.97. The highest BCUT2D eigenvalue weighted by molar-refractivity contribution is 7.13. The molecule has 2 rings (SSSR count). The highest BCUT2D eigenvalue weighted by Gasteiger charge is 2.10. The molecule has 0 aliphatic heterocycles. The number of carbonyl (C=O) groups excluding carboxylic acids is 1. The Labute approximate surface area is 129 Å². The van der Waals surface area contributed by atoms with Crippen LogP contribution in [0.2, 0.25) is 0 Å². The van der Waals surface area contributed by atoms with Crippen LogP contribution in [-0.2, 0) is 11.2 Å². The number of carbonyl (C=O) groups is 1. The van der Waals surface area contributed by atoms with Crippen LogP contribution < -0.4 is 10.6 Å². The summed E-state index contributed by atoms with van der Waals surface area (Å²) in [5.74, 6) is 0.0314. The molecule has 2 N–H and O–H groups in total. The van der Waals surface area contributed by atoms with E-state index >= 15 is 0 Å². The van der Waals surface area contributed by atoms with E-state index in [0.717, 1.165) is 18.5 Å². The number of nitrogens with zero attached hydrogens (tertiary/aromatic N) is 1. The number of hydrogen-bond acceptors (Lipinski definition) is 4. The first-order chi connectivity index (χ1) is 10.2. The van der Waals surface area contributed by atoms with Crippen molar-refractivity contribution in [3.05, 3.63) is 47.0 Å². The van der Waals surface area contributed by atoms with Crippen LogP contribution in [0, 0.1) is 0 Å². The van der Waals surface area contributed by atoms with Gasteiger partial charge in [0.05, 0.1) is 5.69 Å². The summed E-state index contributed by atoms with van der Waals surface area (Å²) in [6, 6.07) is 10.4. The second-order valence-corrected chi connectivity index (χ2v) is 5.83. The Kier molecular flexibility index (Phi) is 5.90. The second kappa shape index (κ2) is 7.90. The van der Waals surface area contributed by atoms with E-state index in [1.54, 1.807) is 0 Å². The van der Waals surface area contributed by atoms with Gasteiger partial charge in [-0.15, -0.1) is 11.3 Å². The maximum atomic E-state index is 11.9. The smallest absolute Gasteiger partial charge is 0.226 e. The minimum atomic E-state index is 0.0314. The average molecular weight is 303 g/mol. The number of aryl methyl sites for hydroxylation is 1. The molecule has 1 amide bonds. The predicted molar refractivity (Wildman–Crippen MR) is 87.6 cm³/mol. The van der Waals surface area contributed by atoms with E-state index in [2.05, 4.69) is 27.8 Å². The number of thiazole rings is 1. The van der Waals surface area contributed by atoms with Crippen molar-refractivity contribution in [3.8, 4) is 0 Å². The standard InChI is InChI=1S/C16H21N3OS/c1-12(17-2)14-11-21-16(18-14)19-15(20)10-6-9-13-7-4-3-5-8-13/h3-5,7-8,11-12,17H,6,9-10H2,1-2H3,(H,18,19,20). The lowest BCUT2D eigenvalue weighted by molar-refractivity contribution is -0.116. The molecular weight excluding hydrogens is 282 g/mol. The minimum absolute atomic E-state index is 0.0314. The van der Waals surface area contributed by atoms with Gasteiger partial charge in [0.1, 0.15) is 0 Å². The summed E-state index contributed by atoms with van der Waals surface area (Å²) in [4.78, 5) is 16.3. The third-order valence-electron chi connectivity index (χ3n) is 3.36. The van der Waals surface area contributed by atoms with E-state index in [1.165, 1.54) is 16.9 Å². The van der Waals surface area contributed by atoms with Crippen molar-refractivity contribution >= 4 is 22.4 Å². The zero-order valence-electron chi connectivity index (χ0n) is 12.4. The van der Waals surface area contributed by atoms with Crippen molar-refractivity contribution in [1.82, 2.24) is 10.3 Å². The van der Waals surface area contributed by atoms with Crippen LogP contribution >= 0.6 is 11.3 Å². The minimum Gasteiger partial charge on any atom is -0.312 e. The van der Waals surface area contributed by atoms with Gasteiger partial charge in [-0.05, 0) is 32.4 Å². The molecule has 0 aliphatic carbocycles. The second-order valence-electron chi connectivity index (χ2n) is 4.98. The Balaban J connectivity index is 1.75. The Morgan fingerprint density at radius 3 is 2.81 bits per heavy atom. The number of hydrogen-bond donors (Lipinski definition) is 2. The molecule has 0 bridgehead atoms. The third kappa shape index (κ3) is 4.95. The molecular formula is C16H21N3OS. The summed E-state index contributed by atoms with van der Waals surface area (Å²) in [5.41, 5.74) is 2.23. The fourth-order valence-corrected chi connectivity index (χ4v) is 2.79. The number of amides is 1. The first-order valence-corrected chi connectivity index (χ1v) is 8.03. The Morgan fingerprint density at radius 1 is 1.33 bits per heavy atom. The lowest BCUT2D eigenvalue weighted by atomic mass is 10.1. The summed E-state index contributed by atoms with van der Waals surface area (Å²) in [6.07, 6.45) is 2.29. The molecule has 0 saturated carbocycles. The van der Waals surface area contributed by atoms with Gasteiger partial charge < -0.3 is 10.6 Å². The number of aromatic nitrogens is 1. The van der Waals surface area contributed by atoms with Gasteiger partial charge in [-0.25, -0.2) is 4.98 Å². The van der Waals surface area contributed by atoms with E-state index in [1.807, 2.05) is 37.6 Å². The van der Waals surface area contributed by atoms with Crippen LogP contribution in [0.5, 0.6) is 0 Å². The van der Waals surface area contributed by atoms with E-state index in [9.17, 15) is 4.79 Å². The maximum absolute atomic E-state index is 11.9. The van der Waals surface area contributed by atoms with E-state index in [4.69, 9.17) is 0 Å². The first kappa shape index (κ1) is 15.7. The first-order valence-electron chi connectivity index (χ1n) is 7.15. The summed E-state index contributed by atoms with van der Waals surface area (Å²) in [6.45, 7) is 2.04. The number of nitrogens with one attached hydrogen (secondary N) is 2. The van der Waals surface area contributed by atoms with E-state index < -0.39 is 0 Å². The van der Waals surface area contributed by atoms with Gasteiger partial charge in [0.15, 0.2) is 5.13 Å². The van der Waals surface area contributed by atoms with Gasteiger partial charge in [0.2, 0.25) is 5.91 Å². The van der Waals surface area contributed by atoms with Gasteiger partial charge in [0, 0.05) is 17.8 Å². The Morgan fingerprint density at radius 2 is 2.10 bits per heavy atom. The zero-order chi connectivity index (χ0) is 15.1. The van der Waals surface area contributed by atoms with Crippen LogP contribution in [0.3, 0.4) is 0 Å². The molecule has 1 aromatic carbocycles. The van der Waals surface area contributed by atoms with Crippen molar-refractivity contribution in [1.29, 1.82) is 0 Å². The average Bonchev–Trinajstić information content (AvgIpc) is 2.96. The molecule has 0 radical (unpaired) electrons. The number of anilines is 1. The summed E-state index contributed by atoms with van der Waals surface area (Å²) < 4.78 is 0. The molecule has 4 nitrogen and oxygen atoms in total. The monoisotopic (exact) mass is 303 g/mol. The Bertz CT molecular complexity index is 568. The highest BCUT2D eigenvalue weighted by atomic mass is 32.1. The van der Waals surface area contributed by atoms with Crippen LogP contribution in [0.25, 0.3) is 0 Å². The molecule has 0 saturated heterocycles. The summed E-state index contributed by atoms with van der Waals surface area (Å²) >= 11 is 1.47. The van der Waals surface area contributed by atoms with Crippen molar-refractivity contribution in [3.63, 3.8) is 0 Å². The fraction of sp³-hybridized carbons (Fsp3) is 0.375. The number of benzene rings is 1. The normalized spacial score (nSPS) is 12.1. The van der Waals surface area contributed by atoms with Gasteiger partial charge in [-0.3, -0.25) is 4.79 Å². The third-order valence-corrected chi connectivity index (χ3v) is 4.13. The van der Waals surface area contributed by atoms with Gasteiger partial charge >= 0.3 is 0 Å². The highest BCUT2D eigenvalue weighted by Crippen LogP contribution is 2.20. The molecule has 0 fully saturated rings.